The van der Waals surface area contributed by atoms with Crippen LogP contribution >= 0.6 is 38.6 Å². The lowest BCUT2D eigenvalue weighted by Crippen LogP contribution is -2.58. The first-order valence-electron chi connectivity index (χ1n) is 7.97. The Morgan fingerprint density at radius 3 is 2.50 bits per heavy atom. The number of nitrogens with one attached hydrogen (secondary N) is 1. The summed E-state index contributed by atoms with van der Waals surface area (Å²) in [5.74, 6) is -0.850. The highest BCUT2D eigenvalue weighted by atomic mass is 79.9. The molecule has 0 aliphatic rings. The van der Waals surface area contributed by atoms with Crippen molar-refractivity contribution < 1.29 is 23.8 Å². The van der Waals surface area contributed by atoms with Gasteiger partial charge in [0.2, 0.25) is 0 Å². The van der Waals surface area contributed by atoms with E-state index in [-0.39, 0.29) is 6.54 Å². The molecule has 2 rings (SSSR count). The van der Waals surface area contributed by atoms with Crippen LogP contribution in [-0.2, 0) is 11.2 Å². The Morgan fingerprint density at radius 1 is 1.27 bits per heavy atom. The number of aliphatic hydroxyl groups is 2. The zero-order valence-electron chi connectivity index (χ0n) is 14.0. The Bertz CT molecular complexity index is 733. The molecule has 4 nitrogen and oxygen atoms in total. The fourth-order valence-electron chi connectivity index (χ4n) is 2.46. The van der Waals surface area contributed by atoms with Gasteiger partial charge in [-0.05, 0) is 66.5 Å². The molecule has 3 N–H and O–H groups in total. The van der Waals surface area contributed by atoms with Crippen LogP contribution in [0.25, 0.3) is 9.75 Å². The topological polar surface area (TPSA) is 69.6 Å². The molecule has 2 atom stereocenters. The van der Waals surface area contributed by atoms with Crippen molar-refractivity contribution in [3.63, 3.8) is 0 Å². The van der Waals surface area contributed by atoms with Crippen LogP contribution in [0.3, 0.4) is 0 Å². The smallest absolute Gasteiger partial charge is 0.268 e. The fourth-order valence-corrected chi connectivity index (χ4v) is 4.99. The summed E-state index contributed by atoms with van der Waals surface area (Å²) in [6, 6.07) is 6.61. The average molecular weight is 468 g/mol. The first kappa shape index (κ1) is 21.6. The van der Waals surface area contributed by atoms with E-state index in [9.17, 15) is 18.7 Å². The molecule has 0 aliphatic heterocycles. The molecule has 0 fully saturated rings. The monoisotopic (exact) mass is 467 g/mol. The second-order valence-electron chi connectivity index (χ2n) is 6.01. The lowest BCUT2D eigenvalue weighted by Gasteiger charge is -2.31. The van der Waals surface area contributed by atoms with Crippen molar-refractivity contribution in [1.82, 2.24) is 5.32 Å². The summed E-state index contributed by atoms with van der Waals surface area (Å²) >= 11 is 6.76. The predicted molar refractivity (Wildman–Crippen MR) is 104 cm³/mol. The number of hydrogen-bond donors (Lipinski definition) is 3. The van der Waals surface area contributed by atoms with Crippen LogP contribution in [0, 0.1) is 0 Å². The van der Waals surface area contributed by atoms with Crippen LogP contribution in [0.5, 0.6) is 0 Å². The number of aryl methyl sites for hydroxylation is 1. The Balaban J connectivity index is 1.88. The molecule has 0 unspecified atom stereocenters. The lowest BCUT2D eigenvalue weighted by atomic mass is 9.93. The Kier molecular flexibility index (Phi) is 7.87. The summed E-state index contributed by atoms with van der Waals surface area (Å²) in [7, 11) is 0. The van der Waals surface area contributed by atoms with Gasteiger partial charge in [-0.2, -0.15) is 0 Å². The van der Waals surface area contributed by atoms with Gasteiger partial charge in [0.1, 0.15) is 18.2 Å². The molecular weight excluding hydrogens is 448 g/mol. The number of aliphatic hydroxyl groups excluding tert-OH is 1. The van der Waals surface area contributed by atoms with E-state index < -0.39 is 30.5 Å². The van der Waals surface area contributed by atoms with Gasteiger partial charge in [-0.1, -0.05) is 0 Å². The van der Waals surface area contributed by atoms with Crippen LogP contribution in [0.4, 0.5) is 8.78 Å². The Labute approximate surface area is 167 Å². The molecule has 0 aliphatic carbocycles. The van der Waals surface area contributed by atoms with Crippen LogP contribution in [0.2, 0.25) is 0 Å². The molecule has 0 saturated heterocycles. The molecule has 144 valence electrons. The fraction of sp³-hybridized carbons (Fsp3) is 0.471. The van der Waals surface area contributed by atoms with E-state index in [1.807, 2.05) is 24.3 Å². The molecule has 0 aromatic carbocycles. The summed E-state index contributed by atoms with van der Waals surface area (Å²) in [5, 5.41) is 21.5. The van der Waals surface area contributed by atoms with Crippen molar-refractivity contribution >= 4 is 44.4 Å². The van der Waals surface area contributed by atoms with Crippen molar-refractivity contribution in [3.8, 4) is 9.75 Å². The van der Waals surface area contributed by atoms with Crippen molar-refractivity contribution in [2.24, 2.45) is 0 Å². The molecule has 0 radical (unpaired) electrons. The minimum atomic E-state index is -3.10. The number of thiophene rings is 2. The van der Waals surface area contributed by atoms with Gasteiger partial charge in [-0.15, -0.1) is 22.7 Å². The van der Waals surface area contributed by atoms with Crippen LogP contribution in [0.1, 0.15) is 18.2 Å². The van der Waals surface area contributed by atoms with Crippen LogP contribution in [-0.4, -0.2) is 47.2 Å². The molecular formula is C17H20BrF2NO3S2. The first-order chi connectivity index (χ1) is 12.3. The highest BCUT2D eigenvalue weighted by Crippen LogP contribution is 2.35. The number of carbonyl (C=O) groups is 1. The maximum absolute atomic E-state index is 13.0. The number of ketones is 1. The van der Waals surface area contributed by atoms with Crippen molar-refractivity contribution in [2.75, 3.05) is 13.2 Å². The third-order valence-corrected chi connectivity index (χ3v) is 6.89. The van der Waals surface area contributed by atoms with Crippen molar-refractivity contribution in [2.45, 2.75) is 37.8 Å². The third kappa shape index (κ3) is 5.40. The summed E-state index contributed by atoms with van der Waals surface area (Å²) in [5.41, 5.74) is -2.53. The molecule has 26 heavy (non-hydrogen) atoms. The molecule has 2 aromatic heterocycles. The van der Waals surface area contributed by atoms with Crippen molar-refractivity contribution in [1.29, 1.82) is 0 Å². The van der Waals surface area contributed by atoms with Gasteiger partial charge in [0.05, 0.1) is 3.79 Å². The summed E-state index contributed by atoms with van der Waals surface area (Å²) in [6.45, 7) is 0.274. The molecule has 0 saturated carbocycles. The highest BCUT2D eigenvalue weighted by Gasteiger charge is 2.44. The van der Waals surface area contributed by atoms with Crippen LogP contribution < -0.4 is 5.32 Å². The average Bonchev–Trinajstić information content (AvgIpc) is 3.22. The molecule has 2 aromatic rings. The van der Waals surface area contributed by atoms with E-state index in [1.165, 1.54) is 4.88 Å². The maximum atomic E-state index is 13.0. The summed E-state index contributed by atoms with van der Waals surface area (Å²) in [6.07, 6.45) is -1.76. The minimum Gasteiger partial charge on any atom is -0.389 e. The Morgan fingerprint density at radius 2 is 1.92 bits per heavy atom. The zero-order chi connectivity index (χ0) is 19.3. The van der Waals surface area contributed by atoms with E-state index in [2.05, 4.69) is 21.2 Å². The Hall–Kier alpha value is -0.710. The van der Waals surface area contributed by atoms with Gasteiger partial charge in [0, 0.05) is 14.6 Å². The van der Waals surface area contributed by atoms with E-state index in [0.29, 0.717) is 6.42 Å². The number of hydrogen-bond acceptors (Lipinski definition) is 6. The van der Waals surface area contributed by atoms with E-state index in [1.54, 1.807) is 22.7 Å². The molecule has 2 heterocycles. The maximum Gasteiger partial charge on any atom is 0.268 e. The quantitative estimate of drug-likeness (QED) is 0.465. The zero-order valence-corrected chi connectivity index (χ0v) is 17.3. The van der Waals surface area contributed by atoms with Gasteiger partial charge in [0.15, 0.2) is 5.78 Å². The third-order valence-electron chi connectivity index (χ3n) is 3.93. The second-order valence-corrected chi connectivity index (χ2v) is 9.64. The largest absolute Gasteiger partial charge is 0.389 e. The van der Waals surface area contributed by atoms with E-state index >= 15 is 0 Å². The van der Waals surface area contributed by atoms with Gasteiger partial charge in [-0.25, -0.2) is 8.78 Å². The molecule has 0 amide bonds. The van der Waals surface area contributed by atoms with E-state index in [4.69, 9.17) is 5.11 Å². The molecule has 0 bridgehead atoms. The highest BCUT2D eigenvalue weighted by molar-refractivity contribution is 9.11. The normalized spacial score (nSPS) is 15.2. The number of carbonyl (C=O) groups excluding carboxylic acids is 1. The number of rotatable bonds is 10. The lowest BCUT2D eigenvalue weighted by molar-refractivity contribution is -0.143. The van der Waals surface area contributed by atoms with Gasteiger partial charge in [0.25, 0.3) is 6.43 Å². The minimum absolute atomic E-state index is 0.275. The standard InChI is InChI=1S/C17H20BrF2NO3S2/c1-17(24,16(19)20)15(11(23)9-22)21-8-2-3-10-4-5-12(25-10)13-6-7-14(18)26-13/h4-7,15-16,21-22,24H,2-3,8-9H2,1H3/t15-,17+/m1/s1. The second kappa shape index (κ2) is 9.48. The van der Waals surface area contributed by atoms with E-state index in [0.717, 1.165) is 26.9 Å². The van der Waals surface area contributed by atoms with Gasteiger partial charge in [-0.3, -0.25) is 4.79 Å². The molecule has 0 spiro atoms. The number of alkyl halides is 2. The SMILES string of the molecule is C[C@@](O)(C(F)F)[C@H](NCCCc1ccc(-c2ccc(Br)s2)s1)C(=O)CO. The van der Waals surface area contributed by atoms with Gasteiger partial charge < -0.3 is 15.5 Å². The number of halogens is 3. The summed E-state index contributed by atoms with van der Waals surface area (Å²) < 4.78 is 27.0. The molecule has 9 heteroatoms. The predicted octanol–water partition coefficient (Wildman–Crippen LogP) is 3.71. The summed E-state index contributed by atoms with van der Waals surface area (Å²) in [4.78, 5) is 15.2. The number of Topliss-reactive ketones (excluding diaryl/α,β-unsaturated/α-hetero) is 1. The van der Waals surface area contributed by atoms with Crippen molar-refractivity contribution in [3.05, 3.63) is 32.9 Å². The van der Waals surface area contributed by atoms with Gasteiger partial charge >= 0.3 is 0 Å². The van der Waals surface area contributed by atoms with Crippen LogP contribution in [0.15, 0.2) is 28.1 Å². The first-order valence-corrected chi connectivity index (χ1v) is 10.4.